The van der Waals surface area contributed by atoms with E-state index in [9.17, 15) is 12.8 Å². The number of benzene rings is 1. The molecule has 4 nitrogen and oxygen atoms in total. The Morgan fingerprint density at radius 3 is 2.75 bits per heavy atom. The molecule has 0 aliphatic heterocycles. The highest BCUT2D eigenvalue weighted by molar-refractivity contribution is 9.10. The zero-order valence-electron chi connectivity index (χ0n) is 10.5. The van der Waals surface area contributed by atoms with Gasteiger partial charge in [0.05, 0.1) is 0 Å². The summed E-state index contributed by atoms with van der Waals surface area (Å²) in [6.45, 7) is 1.71. The predicted molar refractivity (Wildman–Crippen MR) is 81.6 cm³/mol. The van der Waals surface area contributed by atoms with Gasteiger partial charge in [-0.1, -0.05) is 0 Å². The molecule has 0 bridgehead atoms. The Kier molecular flexibility index (Phi) is 4.48. The first-order valence-electron chi connectivity index (χ1n) is 5.58. The van der Waals surface area contributed by atoms with Crippen molar-refractivity contribution in [2.45, 2.75) is 18.4 Å². The molecule has 8 heteroatoms. The van der Waals surface area contributed by atoms with Crippen LogP contribution in [0.2, 0.25) is 0 Å². The maximum Gasteiger partial charge on any atom is 0.243 e. The largest absolute Gasteiger partial charge is 0.398 e. The molecule has 0 unspecified atom stereocenters. The average Bonchev–Trinajstić information content (AvgIpc) is 2.77. The van der Waals surface area contributed by atoms with E-state index in [-0.39, 0.29) is 12.2 Å². The van der Waals surface area contributed by atoms with Gasteiger partial charge in [0.2, 0.25) is 10.0 Å². The van der Waals surface area contributed by atoms with E-state index < -0.39 is 20.7 Å². The summed E-state index contributed by atoms with van der Waals surface area (Å²) in [4.78, 5) is 0.377. The van der Waals surface area contributed by atoms with Crippen molar-refractivity contribution in [3.05, 3.63) is 44.3 Å². The van der Waals surface area contributed by atoms with Crippen LogP contribution < -0.4 is 10.5 Å². The minimum Gasteiger partial charge on any atom is -0.398 e. The zero-order chi connectivity index (χ0) is 14.9. The molecule has 0 amide bonds. The molecule has 1 aromatic heterocycles. The van der Waals surface area contributed by atoms with Crippen LogP contribution >= 0.6 is 27.3 Å². The molecule has 0 saturated carbocycles. The van der Waals surface area contributed by atoms with Gasteiger partial charge in [0.25, 0.3) is 0 Å². The molecule has 0 radical (unpaired) electrons. The molecule has 0 aliphatic carbocycles. The fraction of sp³-hybridized carbons (Fsp3) is 0.167. The van der Waals surface area contributed by atoms with Crippen molar-refractivity contribution in [1.29, 1.82) is 0 Å². The van der Waals surface area contributed by atoms with Gasteiger partial charge in [0.1, 0.15) is 10.7 Å². The molecule has 3 N–H and O–H groups in total. The van der Waals surface area contributed by atoms with Gasteiger partial charge in [0, 0.05) is 21.6 Å². The van der Waals surface area contributed by atoms with E-state index in [2.05, 4.69) is 20.7 Å². The number of rotatable bonds is 4. The first-order chi connectivity index (χ1) is 9.31. The predicted octanol–water partition coefficient (Wildman–Crippen LogP) is 3.02. The van der Waals surface area contributed by atoms with Crippen LogP contribution in [0.3, 0.4) is 0 Å². The van der Waals surface area contributed by atoms with Crippen molar-refractivity contribution in [1.82, 2.24) is 4.72 Å². The smallest absolute Gasteiger partial charge is 0.243 e. The monoisotopic (exact) mass is 378 g/mol. The van der Waals surface area contributed by atoms with Crippen LogP contribution in [0.4, 0.5) is 10.1 Å². The van der Waals surface area contributed by atoms with Crippen molar-refractivity contribution in [3.63, 3.8) is 0 Å². The van der Waals surface area contributed by atoms with E-state index >= 15 is 0 Å². The van der Waals surface area contributed by atoms with Gasteiger partial charge in [-0.15, -0.1) is 11.3 Å². The molecule has 0 aliphatic rings. The van der Waals surface area contributed by atoms with Crippen LogP contribution in [0.1, 0.15) is 10.4 Å². The van der Waals surface area contributed by atoms with Crippen LogP contribution in [0, 0.1) is 12.7 Å². The van der Waals surface area contributed by atoms with Crippen molar-refractivity contribution < 1.29 is 12.8 Å². The van der Waals surface area contributed by atoms with Crippen molar-refractivity contribution in [2.75, 3.05) is 5.73 Å². The molecule has 0 fully saturated rings. The second-order valence-corrected chi connectivity index (χ2v) is 7.75. The summed E-state index contributed by atoms with van der Waals surface area (Å²) in [6, 6.07) is 4.07. The van der Waals surface area contributed by atoms with Crippen molar-refractivity contribution in [2.24, 2.45) is 0 Å². The van der Waals surface area contributed by atoms with Crippen molar-refractivity contribution >= 4 is 43.0 Å². The Morgan fingerprint density at radius 2 is 2.15 bits per heavy atom. The first kappa shape index (κ1) is 15.4. The highest BCUT2D eigenvalue weighted by Crippen LogP contribution is 2.24. The summed E-state index contributed by atoms with van der Waals surface area (Å²) in [5.41, 5.74) is 6.38. The molecule has 0 saturated heterocycles. The molecular weight excluding hydrogens is 367 g/mol. The Hall–Kier alpha value is -0.960. The Balaban J connectivity index is 2.27. The molecule has 1 heterocycles. The minimum atomic E-state index is -3.94. The Labute approximate surface area is 129 Å². The summed E-state index contributed by atoms with van der Waals surface area (Å²) >= 11 is 4.71. The number of thiophene rings is 1. The summed E-state index contributed by atoms with van der Waals surface area (Å²) in [6.07, 6.45) is 0. The normalized spacial score (nSPS) is 11.8. The fourth-order valence-corrected chi connectivity index (χ4v) is 4.18. The average molecular weight is 379 g/mol. The highest BCUT2D eigenvalue weighted by atomic mass is 79.9. The number of nitrogens with two attached hydrogens (primary N) is 1. The number of aryl methyl sites for hydroxylation is 1. The van der Waals surface area contributed by atoms with Crippen LogP contribution in [0.5, 0.6) is 0 Å². The molecule has 20 heavy (non-hydrogen) atoms. The van der Waals surface area contributed by atoms with Crippen LogP contribution in [0.25, 0.3) is 0 Å². The number of halogens is 2. The van der Waals surface area contributed by atoms with Crippen molar-refractivity contribution in [3.8, 4) is 0 Å². The van der Waals surface area contributed by atoms with E-state index in [0.717, 1.165) is 21.5 Å². The highest BCUT2D eigenvalue weighted by Gasteiger charge is 2.20. The lowest BCUT2D eigenvalue weighted by molar-refractivity contribution is 0.557. The molecule has 1 aromatic carbocycles. The summed E-state index contributed by atoms with van der Waals surface area (Å²) in [5, 5.41) is 1.83. The second-order valence-electron chi connectivity index (χ2n) is 4.16. The number of nitrogens with one attached hydrogen (secondary N) is 1. The molecule has 2 rings (SSSR count). The third-order valence-electron chi connectivity index (χ3n) is 2.72. The SMILES string of the molecule is Cc1cc(F)c(S(=O)(=O)NCc2sccc2Br)cc1N. The summed E-state index contributed by atoms with van der Waals surface area (Å²) < 4.78 is 41.2. The number of hydrogen-bond donors (Lipinski definition) is 2. The molecule has 108 valence electrons. The fourth-order valence-electron chi connectivity index (χ4n) is 1.56. The third kappa shape index (κ3) is 3.20. The lowest BCUT2D eigenvalue weighted by atomic mass is 10.2. The maximum atomic E-state index is 13.8. The quantitative estimate of drug-likeness (QED) is 0.803. The standard InChI is InChI=1S/C12H12BrFN2O2S2/c1-7-4-9(14)12(5-10(7)15)20(17,18)16-6-11-8(13)2-3-19-11/h2-5,16H,6,15H2,1H3. The lowest BCUT2D eigenvalue weighted by Crippen LogP contribution is -2.24. The zero-order valence-corrected chi connectivity index (χ0v) is 13.7. The Morgan fingerprint density at radius 1 is 1.45 bits per heavy atom. The van der Waals surface area contributed by atoms with Gasteiger partial charge >= 0.3 is 0 Å². The summed E-state index contributed by atoms with van der Waals surface area (Å²) in [5.74, 6) is -0.811. The summed E-state index contributed by atoms with van der Waals surface area (Å²) in [7, 11) is -3.94. The first-order valence-corrected chi connectivity index (χ1v) is 8.74. The van der Waals surface area contributed by atoms with E-state index in [1.54, 1.807) is 6.92 Å². The van der Waals surface area contributed by atoms with Gasteiger partial charge in [-0.2, -0.15) is 0 Å². The van der Waals surface area contributed by atoms with Gasteiger partial charge in [-0.3, -0.25) is 0 Å². The van der Waals surface area contributed by atoms with Crippen LogP contribution in [0.15, 0.2) is 32.9 Å². The minimum absolute atomic E-state index is 0.0911. The van der Waals surface area contributed by atoms with Gasteiger partial charge < -0.3 is 5.73 Å². The maximum absolute atomic E-state index is 13.8. The van der Waals surface area contributed by atoms with E-state index in [0.29, 0.717) is 5.56 Å². The lowest BCUT2D eigenvalue weighted by Gasteiger charge is -2.09. The Bertz CT molecular complexity index is 744. The van der Waals surface area contributed by atoms with E-state index in [1.165, 1.54) is 11.3 Å². The molecule has 0 atom stereocenters. The molecule has 0 spiro atoms. The number of sulfonamides is 1. The molecular formula is C12H12BrFN2O2S2. The van der Waals surface area contributed by atoms with Gasteiger partial charge in [0.15, 0.2) is 0 Å². The molecule has 2 aromatic rings. The van der Waals surface area contributed by atoms with E-state index in [1.807, 2.05) is 11.4 Å². The second kappa shape index (κ2) is 5.80. The number of hydrogen-bond acceptors (Lipinski definition) is 4. The number of anilines is 1. The third-order valence-corrected chi connectivity index (χ3v) is 6.07. The van der Waals surface area contributed by atoms with Crippen LogP contribution in [-0.4, -0.2) is 8.42 Å². The van der Waals surface area contributed by atoms with Crippen LogP contribution in [-0.2, 0) is 16.6 Å². The number of nitrogen functional groups attached to an aromatic ring is 1. The topological polar surface area (TPSA) is 72.2 Å². The van der Waals surface area contributed by atoms with Gasteiger partial charge in [-0.25, -0.2) is 17.5 Å². The van der Waals surface area contributed by atoms with E-state index in [4.69, 9.17) is 5.73 Å². The van der Waals surface area contributed by atoms with Gasteiger partial charge in [-0.05, 0) is 52.0 Å².